The van der Waals surface area contributed by atoms with E-state index in [-0.39, 0.29) is 5.56 Å². The van der Waals surface area contributed by atoms with Crippen LogP contribution in [0.1, 0.15) is 0 Å². The van der Waals surface area contributed by atoms with Gasteiger partial charge in [0.2, 0.25) is 5.82 Å². The second kappa shape index (κ2) is 4.12. The van der Waals surface area contributed by atoms with Gasteiger partial charge in [0, 0.05) is 6.20 Å². The van der Waals surface area contributed by atoms with E-state index in [1.807, 2.05) is 0 Å². The van der Waals surface area contributed by atoms with Gasteiger partial charge in [0.1, 0.15) is 0 Å². The number of rotatable bonds is 1. The van der Waals surface area contributed by atoms with E-state index < -0.39 is 34.6 Å². The third-order valence-electron chi connectivity index (χ3n) is 2.12. The molecule has 0 atom stereocenters. The van der Waals surface area contributed by atoms with Crippen molar-refractivity contribution < 1.29 is 22.0 Å². The van der Waals surface area contributed by atoms with Crippen molar-refractivity contribution in [2.75, 3.05) is 0 Å². The molecular weight excluding hydrogens is 241 g/mol. The van der Waals surface area contributed by atoms with Gasteiger partial charge in [-0.1, -0.05) is 0 Å². The average molecular weight is 244 g/mol. The van der Waals surface area contributed by atoms with Crippen molar-refractivity contribution in [3.63, 3.8) is 0 Å². The highest BCUT2D eigenvalue weighted by Crippen LogP contribution is 2.30. The summed E-state index contributed by atoms with van der Waals surface area (Å²) in [6.07, 6.45) is 3.38. The van der Waals surface area contributed by atoms with Crippen molar-refractivity contribution in [3.8, 4) is 11.1 Å². The van der Waals surface area contributed by atoms with Gasteiger partial charge in [-0.3, -0.25) is 4.98 Å². The Hall–Kier alpha value is -1.98. The molecule has 6 heteroatoms. The van der Waals surface area contributed by atoms with Gasteiger partial charge in [0.15, 0.2) is 23.3 Å². The average Bonchev–Trinajstić information content (AvgIpc) is 2.36. The SMILES string of the molecule is Fc1c(F)c(F)c(-c2c[c]ncc2)c(F)c1F. The van der Waals surface area contributed by atoms with Crippen LogP contribution in [0.3, 0.4) is 0 Å². The number of nitrogens with zero attached hydrogens (tertiary/aromatic N) is 1. The Morgan fingerprint density at radius 2 is 1.35 bits per heavy atom. The van der Waals surface area contributed by atoms with Crippen LogP contribution in [0.5, 0.6) is 0 Å². The molecule has 0 spiro atoms. The highest BCUT2D eigenvalue weighted by molar-refractivity contribution is 5.64. The van der Waals surface area contributed by atoms with Crippen molar-refractivity contribution in [2.45, 2.75) is 0 Å². The van der Waals surface area contributed by atoms with Crippen LogP contribution < -0.4 is 0 Å². The van der Waals surface area contributed by atoms with Gasteiger partial charge in [0.05, 0.1) is 11.8 Å². The van der Waals surface area contributed by atoms with Crippen LogP contribution in [0.4, 0.5) is 22.0 Å². The number of hydrogen-bond acceptors (Lipinski definition) is 1. The van der Waals surface area contributed by atoms with Gasteiger partial charge in [0.25, 0.3) is 0 Å². The summed E-state index contributed by atoms with van der Waals surface area (Å²) in [6.45, 7) is 0. The van der Waals surface area contributed by atoms with Crippen LogP contribution in [-0.4, -0.2) is 4.98 Å². The van der Waals surface area contributed by atoms with Gasteiger partial charge in [-0.15, -0.1) is 0 Å². The number of benzene rings is 1. The first-order valence-electron chi connectivity index (χ1n) is 4.38. The van der Waals surface area contributed by atoms with Gasteiger partial charge in [-0.05, 0) is 17.7 Å². The lowest BCUT2D eigenvalue weighted by Crippen LogP contribution is -2.03. The van der Waals surface area contributed by atoms with E-state index in [2.05, 4.69) is 11.2 Å². The molecule has 0 aliphatic heterocycles. The Morgan fingerprint density at radius 3 is 1.82 bits per heavy atom. The molecule has 0 saturated carbocycles. The monoisotopic (exact) mass is 244 g/mol. The lowest BCUT2D eigenvalue weighted by atomic mass is 10.0. The van der Waals surface area contributed by atoms with Crippen molar-refractivity contribution in [2.24, 2.45) is 0 Å². The lowest BCUT2D eigenvalue weighted by molar-refractivity contribution is 0.381. The molecule has 0 N–H and O–H groups in total. The predicted molar refractivity (Wildman–Crippen MR) is 48.3 cm³/mol. The first kappa shape index (κ1) is 11.5. The largest absolute Gasteiger partial charge is 0.255 e. The third-order valence-corrected chi connectivity index (χ3v) is 2.12. The minimum absolute atomic E-state index is 0.187. The van der Waals surface area contributed by atoms with Crippen LogP contribution in [0.2, 0.25) is 0 Å². The summed E-state index contributed by atoms with van der Waals surface area (Å²) in [5.41, 5.74) is -1.17. The van der Waals surface area contributed by atoms with Gasteiger partial charge in [-0.25, -0.2) is 22.0 Å². The van der Waals surface area contributed by atoms with E-state index in [4.69, 9.17) is 0 Å². The highest BCUT2D eigenvalue weighted by atomic mass is 19.2. The molecule has 1 aromatic heterocycles. The zero-order valence-electron chi connectivity index (χ0n) is 8.07. The molecule has 1 aromatic carbocycles. The van der Waals surface area contributed by atoms with Crippen LogP contribution in [0.15, 0.2) is 18.3 Å². The molecular formula is C11H3F5N. The molecule has 1 nitrogen and oxygen atoms in total. The van der Waals surface area contributed by atoms with Crippen LogP contribution >= 0.6 is 0 Å². The van der Waals surface area contributed by atoms with Crippen molar-refractivity contribution >= 4 is 0 Å². The Bertz CT molecular complexity index is 539. The first-order chi connectivity index (χ1) is 8.04. The Kier molecular flexibility index (Phi) is 2.79. The molecule has 2 rings (SSSR count). The normalized spacial score (nSPS) is 10.6. The first-order valence-corrected chi connectivity index (χ1v) is 4.38. The minimum Gasteiger partial charge on any atom is -0.255 e. The molecule has 0 bridgehead atoms. The summed E-state index contributed by atoms with van der Waals surface area (Å²) in [6, 6.07) is 2.15. The fourth-order valence-electron chi connectivity index (χ4n) is 1.33. The van der Waals surface area contributed by atoms with E-state index in [0.29, 0.717) is 0 Å². The summed E-state index contributed by atoms with van der Waals surface area (Å²) < 4.78 is 65.2. The molecule has 0 amide bonds. The number of aromatic nitrogens is 1. The zero-order valence-corrected chi connectivity index (χ0v) is 8.07. The molecule has 1 radical (unpaired) electrons. The van der Waals surface area contributed by atoms with Gasteiger partial charge >= 0.3 is 0 Å². The van der Waals surface area contributed by atoms with Crippen LogP contribution in [0.25, 0.3) is 11.1 Å². The second-order valence-electron chi connectivity index (χ2n) is 3.12. The molecule has 0 unspecified atom stereocenters. The summed E-state index contributed by atoms with van der Waals surface area (Å²) >= 11 is 0. The van der Waals surface area contributed by atoms with Crippen molar-refractivity contribution in [1.29, 1.82) is 0 Å². The fraction of sp³-hybridized carbons (Fsp3) is 0. The van der Waals surface area contributed by atoms with Gasteiger partial charge < -0.3 is 0 Å². The van der Waals surface area contributed by atoms with Crippen molar-refractivity contribution in [1.82, 2.24) is 4.98 Å². The Morgan fingerprint density at radius 1 is 0.824 bits per heavy atom. The maximum Gasteiger partial charge on any atom is 0.200 e. The standard InChI is InChI=1S/C11H3F5N/c12-7-6(5-1-3-17-4-2-5)8(13)10(15)11(16)9(7)14/h1-3H. The highest BCUT2D eigenvalue weighted by Gasteiger charge is 2.26. The molecule has 0 aliphatic rings. The summed E-state index contributed by atoms with van der Waals surface area (Å²) in [5, 5.41) is 0. The fourth-order valence-corrected chi connectivity index (χ4v) is 1.33. The zero-order chi connectivity index (χ0) is 12.6. The lowest BCUT2D eigenvalue weighted by Gasteiger charge is -2.07. The Labute approximate surface area is 92.5 Å². The molecule has 2 aromatic rings. The number of halogens is 5. The van der Waals surface area contributed by atoms with E-state index in [9.17, 15) is 22.0 Å². The Balaban J connectivity index is 2.80. The van der Waals surface area contributed by atoms with E-state index >= 15 is 0 Å². The molecule has 17 heavy (non-hydrogen) atoms. The van der Waals surface area contributed by atoms with E-state index in [1.165, 1.54) is 0 Å². The molecule has 0 aliphatic carbocycles. The summed E-state index contributed by atoms with van der Waals surface area (Å²) in [7, 11) is 0. The quantitative estimate of drug-likeness (QED) is 0.426. The number of pyridine rings is 1. The molecule has 0 saturated heterocycles. The van der Waals surface area contributed by atoms with Crippen LogP contribution in [0, 0.1) is 35.3 Å². The van der Waals surface area contributed by atoms with Gasteiger partial charge in [-0.2, -0.15) is 0 Å². The predicted octanol–water partition coefficient (Wildman–Crippen LogP) is 3.24. The van der Waals surface area contributed by atoms with E-state index in [1.54, 1.807) is 0 Å². The topological polar surface area (TPSA) is 12.9 Å². The smallest absolute Gasteiger partial charge is 0.200 e. The third kappa shape index (κ3) is 1.75. The summed E-state index contributed by atoms with van der Waals surface area (Å²) in [5.74, 6) is -9.88. The van der Waals surface area contributed by atoms with Crippen molar-refractivity contribution in [3.05, 3.63) is 53.6 Å². The number of hydrogen-bond donors (Lipinski definition) is 0. The van der Waals surface area contributed by atoms with E-state index in [0.717, 1.165) is 18.3 Å². The minimum atomic E-state index is -2.18. The maximum absolute atomic E-state index is 13.3. The molecule has 0 fully saturated rings. The summed E-state index contributed by atoms with van der Waals surface area (Å²) in [4.78, 5) is 3.46. The maximum atomic E-state index is 13.3. The molecule has 87 valence electrons. The second-order valence-corrected chi connectivity index (χ2v) is 3.12. The van der Waals surface area contributed by atoms with Crippen LogP contribution in [-0.2, 0) is 0 Å². The molecule has 1 heterocycles.